The second kappa shape index (κ2) is 5.40. The van der Waals surface area contributed by atoms with Crippen molar-refractivity contribution in [2.45, 2.75) is 12.4 Å². The molecule has 3 N–H and O–H groups in total. The summed E-state index contributed by atoms with van der Waals surface area (Å²) in [7, 11) is -5.85. The molecule has 11 heteroatoms. The molecule has 0 spiro atoms. The molecule has 0 unspecified atom stereocenters. The first-order valence-electron chi connectivity index (χ1n) is 4.81. The maximum atomic E-state index is 13.5. The van der Waals surface area contributed by atoms with Crippen molar-refractivity contribution in [2.75, 3.05) is 5.32 Å². The van der Waals surface area contributed by atoms with Crippen molar-refractivity contribution in [3.8, 4) is 5.75 Å². The Hall–Kier alpha value is -1.62. The van der Waals surface area contributed by atoms with Gasteiger partial charge in [-0.25, -0.2) is 4.39 Å². The number of anilines is 1. The maximum Gasteiger partial charge on any atom is 0.534 e. The highest BCUT2D eigenvalue weighted by Gasteiger charge is 2.48. The van der Waals surface area contributed by atoms with E-state index >= 15 is 0 Å². The summed E-state index contributed by atoms with van der Waals surface area (Å²) in [5.41, 5.74) is -1.06. The SMILES string of the molecule is Cc1cc(F)c(NC(N)=S)cc1OS(=O)(=O)C(F)(F)F. The highest BCUT2D eigenvalue weighted by atomic mass is 32.2. The number of nitrogens with one attached hydrogen (secondary N) is 1. The molecular formula is C9H8F4N2O3S2. The van der Waals surface area contributed by atoms with Crippen LogP contribution in [0.2, 0.25) is 0 Å². The molecule has 0 aromatic heterocycles. The molecule has 0 bridgehead atoms. The Balaban J connectivity index is 3.23. The van der Waals surface area contributed by atoms with E-state index in [0.29, 0.717) is 6.07 Å². The Labute approximate surface area is 116 Å². The number of hydrogen-bond donors (Lipinski definition) is 2. The predicted octanol–water partition coefficient (Wildman–Crippen LogP) is 2.02. The van der Waals surface area contributed by atoms with Gasteiger partial charge in [0, 0.05) is 6.07 Å². The monoisotopic (exact) mass is 332 g/mol. The minimum Gasteiger partial charge on any atom is -0.376 e. The van der Waals surface area contributed by atoms with Gasteiger partial charge in [-0.15, -0.1) is 0 Å². The lowest BCUT2D eigenvalue weighted by Crippen LogP contribution is -2.28. The number of benzene rings is 1. The molecule has 0 aliphatic carbocycles. The van der Waals surface area contributed by atoms with Gasteiger partial charge in [-0.1, -0.05) is 0 Å². The van der Waals surface area contributed by atoms with E-state index < -0.39 is 32.9 Å². The van der Waals surface area contributed by atoms with E-state index in [1.165, 1.54) is 6.92 Å². The molecule has 0 amide bonds. The summed E-state index contributed by atoms with van der Waals surface area (Å²) in [4.78, 5) is 0. The van der Waals surface area contributed by atoms with Gasteiger partial charge in [0.15, 0.2) is 5.11 Å². The van der Waals surface area contributed by atoms with Crippen molar-refractivity contribution in [2.24, 2.45) is 5.73 Å². The zero-order valence-corrected chi connectivity index (χ0v) is 11.4. The average Bonchev–Trinajstić information content (AvgIpc) is 2.22. The highest BCUT2D eigenvalue weighted by molar-refractivity contribution is 7.88. The lowest BCUT2D eigenvalue weighted by atomic mass is 10.2. The number of aryl methyl sites for hydroxylation is 1. The minimum atomic E-state index is -5.85. The van der Waals surface area contributed by atoms with Gasteiger partial charge >= 0.3 is 15.6 Å². The third-order valence-electron chi connectivity index (χ3n) is 2.01. The first kappa shape index (κ1) is 16.4. The summed E-state index contributed by atoms with van der Waals surface area (Å²) in [6, 6.07) is 1.49. The van der Waals surface area contributed by atoms with Crippen molar-refractivity contribution >= 4 is 33.1 Å². The van der Waals surface area contributed by atoms with Crippen molar-refractivity contribution in [3.05, 3.63) is 23.5 Å². The van der Waals surface area contributed by atoms with E-state index in [4.69, 9.17) is 5.73 Å². The molecule has 1 rings (SSSR count). The van der Waals surface area contributed by atoms with Crippen LogP contribution in [0.3, 0.4) is 0 Å². The van der Waals surface area contributed by atoms with Gasteiger partial charge < -0.3 is 15.2 Å². The van der Waals surface area contributed by atoms with Crippen LogP contribution in [0, 0.1) is 12.7 Å². The van der Waals surface area contributed by atoms with Crippen LogP contribution in [0.4, 0.5) is 23.2 Å². The molecule has 0 heterocycles. The van der Waals surface area contributed by atoms with Gasteiger partial charge in [0.05, 0.1) is 5.69 Å². The molecule has 0 radical (unpaired) electrons. The van der Waals surface area contributed by atoms with E-state index in [-0.39, 0.29) is 10.7 Å². The van der Waals surface area contributed by atoms with Crippen LogP contribution in [0.5, 0.6) is 5.75 Å². The van der Waals surface area contributed by atoms with Crippen molar-refractivity contribution in [1.29, 1.82) is 0 Å². The smallest absolute Gasteiger partial charge is 0.376 e. The van der Waals surface area contributed by atoms with E-state index in [2.05, 4.69) is 21.7 Å². The third kappa shape index (κ3) is 3.70. The zero-order valence-electron chi connectivity index (χ0n) is 9.79. The third-order valence-corrected chi connectivity index (χ3v) is 3.07. The minimum absolute atomic E-state index is 0.149. The zero-order chi connectivity index (χ0) is 15.7. The summed E-state index contributed by atoms with van der Waals surface area (Å²) in [6.45, 7) is 1.18. The predicted molar refractivity (Wildman–Crippen MR) is 67.1 cm³/mol. The Morgan fingerprint density at radius 2 is 1.95 bits per heavy atom. The standard InChI is InChI=1S/C9H8F4N2O3S2/c1-4-2-5(10)6(15-8(14)19)3-7(4)18-20(16,17)9(11,12)13/h2-3H,1H3,(H3,14,15,19). The quantitative estimate of drug-likeness (QED) is 0.381. The molecule has 1 aromatic rings. The largest absolute Gasteiger partial charge is 0.534 e. The van der Waals surface area contributed by atoms with Gasteiger partial charge in [-0.05, 0) is 30.8 Å². The summed E-state index contributed by atoms with van der Waals surface area (Å²) in [5, 5.41) is 1.79. The number of hydrogen-bond acceptors (Lipinski definition) is 4. The van der Waals surface area contributed by atoms with E-state index in [1.54, 1.807) is 0 Å². The second-order valence-electron chi connectivity index (χ2n) is 3.57. The van der Waals surface area contributed by atoms with Crippen LogP contribution in [-0.4, -0.2) is 19.0 Å². The Bertz CT molecular complexity index is 643. The van der Waals surface area contributed by atoms with E-state index in [0.717, 1.165) is 6.07 Å². The van der Waals surface area contributed by atoms with Gasteiger partial charge in [-0.2, -0.15) is 21.6 Å². The molecule has 112 valence electrons. The fourth-order valence-corrected chi connectivity index (χ4v) is 1.76. The molecule has 0 aliphatic rings. The molecule has 0 aliphatic heterocycles. The van der Waals surface area contributed by atoms with Crippen molar-refractivity contribution < 1.29 is 30.2 Å². The lowest BCUT2D eigenvalue weighted by Gasteiger charge is -2.13. The molecule has 1 aromatic carbocycles. The number of alkyl halides is 3. The van der Waals surface area contributed by atoms with Gasteiger partial charge in [0.25, 0.3) is 0 Å². The fourth-order valence-electron chi connectivity index (χ4n) is 1.14. The van der Waals surface area contributed by atoms with E-state index in [1.807, 2.05) is 0 Å². The number of nitrogens with two attached hydrogens (primary N) is 1. The summed E-state index contributed by atoms with van der Waals surface area (Å²) < 4.78 is 75.7. The van der Waals surface area contributed by atoms with E-state index in [9.17, 15) is 26.0 Å². The number of rotatable bonds is 3. The molecule has 0 saturated heterocycles. The maximum absolute atomic E-state index is 13.5. The van der Waals surface area contributed by atoms with Crippen LogP contribution in [0.1, 0.15) is 5.56 Å². The van der Waals surface area contributed by atoms with Crippen LogP contribution < -0.4 is 15.2 Å². The van der Waals surface area contributed by atoms with Crippen LogP contribution >= 0.6 is 12.2 Å². The molecule has 5 nitrogen and oxygen atoms in total. The summed E-state index contributed by atoms with van der Waals surface area (Å²) >= 11 is 4.44. The van der Waals surface area contributed by atoms with Gasteiger partial charge in [0.1, 0.15) is 11.6 Å². The molecule has 0 fully saturated rings. The van der Waals surface area contributed by atoms with Gasteiger partial charge in [-0.3, -0.25) is 0 Å². The topological polar surface area (TPSA) is 81.4 Å². The summed E-state index contributed by atoms with van der Waals surface area (Å²) in [6.07, 6.45) is 0. The summed E-state index contributed by atoms with van der Waals surface area (Å²) in [5.74, 6) is -1.57. The normalized spacial score (nSPS) is 12.1. The Morgan fingerprint density at radius 1 is 1.40 bits per heavy atom. The lowest BCUT2D eigenvalue weighted by molar-refractivity contribution is -0.0500. The Kier molecular flexibility index (Phi) is 4.44. The highest BCUT2D eigenvalue weighted by Crippen LogP contribution is 2.31. The van der Waals surface area contributed by atoms with Crippen molar-refractivity contribution in [3.63, 3.8) is 0 Å². The fraction of sp³-hybridized carbons (Fsp3) is 0.222. The average molecular weight is 332 g/mol. The first-order chi connectivity index (χ1) is 8.94. The molecule has 20 heavy (non-hydrogen) atoms. The first-order valence-corrected chi connectivity index (χ1v) is 6.63. The number of halogens is 4. The van der Waals surface area contributed by atoms with Crippen LogP contribution in [0.25, 0.3) is 0 Å². The molecule has 0 saturated carbocycles. The van der Waals surface area contributed by atoms with Gasteiger partial charge in [0.2, 0.25) is 0 Å². The second-order valence-corrected chi connectivity index (χ2v) is 5.55. The molecular weight excluding hydrogens is 324 g/mol. The number of thiocarbonyl (C=S) groups is 1. The van der Waals surface area contributed by atoms with Crippen LogP contribution in [-0.2, 0) is 10.1 Å². The molecule has 0 atom stereocenters. The van der Waals surface area contributed by atoms with Crippen molar-refractivity contribution in [1.82, 2.24) is 0 Å². The Morgan fingerprint density at radius 3 is 2.40 bits per heavy atom. The van der Waals surface area contributed by atoms with Crippen LogP contribution in [0.15, 0.2) is 12.1 Å².